The molecule has 0 fully saturated rings. The van der Waals surface area contributed by atoms with Gasteiger partial charge in [0.1, 0.15) is 10.7 Å². The number of nitrogens with one attached hydrogen (secondary N) is 1. The van der Waals surface area contributed by atoms with Crippen LogP contribution >= 0.6 is 0 Å². The van der Waals surface area contributed by atoms with Crippen LogP contribution in [0.2, 0.25) is 0 Å². The minimum absolute atomic E-state index is 0.177. The van der Waals surface area contributed by atoms with Gasteiger partial charge >= 0.3 is 5.97 Å². The molecule has 0 aromatic heterocycles. The Morgan fingerprint density at radius 2 is 1.70 bits per heavy atom. The lowest BCUT2D eigenvalue weighted by molar-refractivity contribution is -0.141. The van der Waals surface area contributed by atoms with Crippen molar-refractivity contribution in [2.24, 2.45) is 5.92 Å². The van der Waals surface area contributed by atoms with Crippen LogP contribution in [-0.4, -0.2) is 26.0 Å². The molecule has 122 valence electrons. The Morgan fingerprint density at radius 3 is 2.30 bits per heavy atom. The average molecular weight is 337 g/mol. The predicted molar refractivity (Wildman–Crippen MR) is 82.9 cm³/mol. The van der Waals surface area contributed by atoms with E-state index in [4.69, 9.17) is 0 Å². The van der Waals surface area contributed by atoms with E-state index in [0.717, 1.165) is 17.7 Å². The molecular formula is C16H16FNO4S. The highest BCUT2D eigenvalue weighted by Crippen LogP contribution is 2.14. The second kappa shape index (κ2) is 7.34. The summed E-state index contributed by atoms with van der Waals surface area (Å²) in [6, 6.07) is 13.8. The lowest BCUT2D eigenvalue weighted by atomic mass is 10.00. The first-order valence-electron chi connectivity index (χ1n) is 6.91. The van der Waals surface area contributed by atoms with E-state index in [1.807, 2.05) is 0 Å². The molecule has 0 saturated heterocycles. The third-order valence-corrected chi connectivity index (χ3v) is 4.78. The lowest BCUT2D eigenvalue weighted by Crippen LogP contribution is -2.34. The van der Waals surface area contributed by atoms with Crippen molar-refractivity contribution < 1.29 is 22.7 Å². The van der Waals surface area contributed by atoms with E-state index in [0.29, 0.717) is 0 Å². The quantitative estimate of drug-likeness (QED) is 0.810. The van der Waals surface area contributed by atoms with Crippen LogP contribution in [0.4, 0.5) is 4.39 Å². The smallest absolute Gasteiger partial charge is 0.308 e. The number of hydrogen-bond donors (Lipinski definition) is 2. The van der Waals surface area contributed by atoms with Crippen molar-refractivity contribution in [2.45, 2.75) is 11.3 Å². The van der Waals surface area contributed by atoms with Crippen molar-refractivity contribution in [3.05, 3.63) is 66.0 Å². The number of rotatable bonds is 7. The van der Waals surface area contributed by atoms with Gasteiger partial charge in [-0.1, -0.05) is 42.5 Å². The van der Waals surface area contributed by atoms with Crippen molar-refractivity contribution in [3.63, 3.8) is 0 Å². The molecule has 0 spiro atoms. The molecule has 23 heavy (non-hydrogen) atoms. The van der Waals surface area contributed by atoms with Crippen molar-refractivity contribution in [1.82, 2.24) is 4.72 Å². The fourth-order valence-corrected chi connectivity index (χ4v) is 3.25. The molecule has 0 aliphatic rings. The van der Waals surface area contributed by atoms with Crippen LogP contribution in [0.3, 0.4) is 0 Å². The van der Waals surface area contributed by atoms with E-state index in [1.165, 1.54) is 12.1 Å². The Labute approximate surface area is 133 Å². The third-order valence-electron chi connectivity index (χ3n) is 3.32. The van der Waals surface area contributed by atoms with E-state index in [-0.39, 0.29) is 13.0 Å². The fourth-order valence-electron chi connectivity index (χ4n) is 2.10. The summed E-state index contributed by atoms with van der Waals surface area (Å²) in [5.41, 5.74) is 0.782. The van der Waals surface area contributed by atoms with E-state index in [9.17, 15) is 22.7 Å². The third kappa shape index (κ3) is 4.61. The highest BCUT2D eigenvalue weighted by molar-refractivity contribution is 7.89. The largest absolute Gasteiger partial charge is 0.481 e. The molecule has 0 radical (unpaired) electrons. The molecule has 2 aromatic rings. The van der Waals surface area contributed by atoms with Gasteiger partial charge in [-0.2, -0.15) is 0 Å². The Morgan fingerprint density at radius 1 is 1.09 bits per heavy atom. The maximum absolute atomic E-state index is 13.6. The summed E-state index contributed by atoms with van der Waals surface area (Å²) in [4.78, 5) is 10.8. The van der Waals surface area contributed by atoms with Crippen LogP contribution in [0.25, 0.3) is 0 Å². The van der Waals surface area contributed by atoms with E-state index in [1.54, 1.807) is 30.3 Å². The SMILES string of the molecule is O=C(O)C(CNS(=O)(=O)c1ccccc1F)Cc1ccccc1. The lowest BCUT2D eigenvalue weighted by Gasteiger charge is -2.14. The molecular weight excluding hydrogens is 321 g/mol. The molecule has 1 unspecified atom stereocenters. The highest BCUT2D eigenvalue weighted by atomic mass is 32.2. The molecule has 2 rings (SSSR count). The Balaban J connectivity index is 2.10. The average Bonchev–Trinajstić information content (AvgIpc) is 2.52. The molecule has 7 heteroatoms. The standard InChI is InChI=1S/C16H16FNO4S/c17-14-8-4-5-9-15(14)23(21,22)18-11-13(16(19)20)10-12-6-2-1-3-7-12/h1-9,13,18H,10-11H2,(H,19,20). The van der Waals surface area contributed by atoms with Crippen molar-refractivity contribution in [1.29, 1.82) is 0 Å². The minimum atomic E-state index is -4.10. The summed E-state index contributed by atoms with van der Waals surface area (Å²) >= 11 is 0. The molecule has 5 nitrogen and oxygen atoms in total. The van der Waals surface area contributed by atoms with Crippen LogP contribution in [-0.2, 0) is 21.2 Å². The summed E-state index contributed by atoms with van der Waals surface area (Å²) in [6.07, 6.45) is 0.177. The molecule has 1 atom stereocenters. The molecule has 0 aliphatic carbocycles. The number of carboxylic acid groups (broad SMARTS) is 1. The van der Waals surface area contributed by atoms with Crippen LogP contribution < -0.4 is 4.72 Å². The normalized spacial score (nSPS) is 12.7. The number of halogens is 1. The topological polar surface area (TPSA) is 83.5 Å². The number of sulfonamides is 1. The van der Waals surface area contributed by atoms with Gasteiger partial charge in [-0.05, 0) is 24.1 Å². The second-order valence-electron chi connectivity index (χ2n) is 5.01. The maximum Gasteiger partial charge on any atom is 0.308 e. The van der Waals surface area contributed by atoms with Crippen molar-refractivity contribution >= 4 is 16.0 Å². The number of carboxylic acids is 1. The Bertz CT molecular complexity index is 778. The van der Waals surface area contributed by atoms with Crippen LogP contribution in [0.5, 0.6) is 0 Å². The first kappa shape index (κ1) is 17.1. The van der Waals surface area contributed by atoms with E-state index < -0.39 is 32.6 Å². The summed E-state index contributed by atoms with van der Waals surface area (Å²) in [6.45, 7) is -0.319. The second-order valence-corrected chi connectivity index (χ2v) is 6.74. The van der Waals surface area contributed by atoms with Gasteiger partial charge in [-0.3, -0.25) is 4.79 Å². The molecule has 0 aliphatic heterocycles. The van der Waals surface area contributed by atoms with E-state index in [2.05, 4.69) is 4.72 Å². The van der Waals surface area contributed by atoms with Gasteiger partial charge in [-0.25, -0.2) is 17.5 Å². The number of carbonyl (C=O) groups is 1. The van der Waals surface area contributed by atoms with Crippen molar-refractivity contribution in [3.8, 4) is 0 Å². The Hall–Kier alpha value is -2.25. The summed E-state index contributed by atoms with van der Waals surface area (Å²) in [5.74, 6) is -2.95. The molecule has 2 aromatic carbocycles. The zero-order valence-corrected chi connectivity index (χ0v) is 13.0. The predicted octanol–water partition coefficient (Wildman–Crippen LogP) is 2.05. The monoisotopic (exact) mass is 337 g/mol. The molecule has 0 heterocycles. The highest BCUT2D eigenvalue weighted by Gasteiger charge is 2.23. The van der Waals surface area contributed by atoms with Gasteiger partial charge in [-0.15, -0.1) is 0 Å². The zero-order valence-electron chi connectivity index (χ0n) is 12.1. The summed E-state index contributed by atoms with van der Waals surface area (Å²) in [5, 5.41) is 9.25. The maximum atomic E-state index is 13.6. The van der Waals surface area contributed by atoms with Gasteiger partial charge in [0.2, 0.25) is 10.0 Å². The van der Waals surface area contributed by atoms with Crippen LogP contribution in [0.1, 0.15) is 5.56 Å². The number of aliphatic carboxylic acids is 1. The van der Waals surface area contributed by atoms with Gasteiger partial charge in [0.25, 0.3) is 0 Å². The summed E-state index contributed by atoms with van der Waals surface area (Å²) < 4.78 is 39.9. The van der Waals surface area contributed by atoms with Crippen LogP contribution in [0.15, 0.2) is 59.5 Å². The van der Waals surface area contributed by atoms with E-state index >= 15 is 0 Å². The van der Waals surface area contributed by atoms with Crippen molar-refractivity contribution in [2.75, 3.05) is 6.54 Å². The molecule has 0 amide bonds. The number of hydrogen-bond acceptors (Lipinski definition) is 3. The molecule has 2 N–H and O–H groups in total. The molecule has 0 bridgehead atoms. The molecule has 0 saturated carbocycles. The zero-order chi connectivity index (χ0) is 16.9. The fraction of sp³-hybridized carbons (Fsp3) is 0.188. The Kier molecular flexibility index (Phi) is 5.46. The van der Waals surface area contributed by atoms with Gasteiger partial charge in [0, 0.05) is 6.54 Å². The number of benzene rings is 2. The first-order chi connectivity index (χ1) is 10.9. The van der Waals surface area contributed by atoms with Crippen LogP contribution in [0, 0.1) is 11.7 Å². The first-order valence-corrected chi connectivity index (χ1v) is 8.39. The van der Waals surface area contributed by atoms with Gasteiger partial charge in [0.05, 0.1) is 5.92 Å². The minimum Gasteiger partial charge on any atom is -0.481 e. The summed E-state index contributed by atoms with van der Waals surface area (Å²) in [7, 11) is -4.10. The van der Waals surface area contributed by atoms with Gasteiger partial charge < -0.3 is 5.11 Å². The van der Waals surface area contributed by atoms with Gasteiger partial charge in [0.15, 0.2) is 0 Å².